The van der Waals surface area contributed by atoms with Gasteiger partial charge in [-0.05, 0) is 72.8 Å². The summed E-state index contributed by atoms with van der Waals surface area (Å²) in [7, 11) is 1.70. The van der Waals surface area contributed by atoms with E-state index in [1.807, 2.05) is 10.4 Å². The Bertz CT molecular complexity index is 1590. The van der Waals surface area contributed by atoms with Crippen molar-refractivity contribution in [2.24, 2.45) is 12.5 Å². The van der Waals surface area contributed by atoms with Gasteiger partial charge >= 0.3 is 6.18 Å². The summed E-state index contributed by atoms with van der Waals surface area (Å²) >= 11 is 1.35. The number of pyridine rings is 1. The van der Waals surface area contributed by atoms with Gasteiger partial charge in [-0.3, -0.25) is 9.78 Å². The average molecular weight is 556 g/mol. The Hall–Kier alpha value is -3.84. The van der Waals surface area contributed by atoms with Crippen LogP contribution < -0.4 is 0 Å². The number of halogens is 4. The summed E-state index contributed by atoms with van der Waals surface area (Å²) in [5.74, 6) is -0.853. The smallest absolute Gasteiger partial charge is 0.291 e. The van der Waals surface area contributed by atoms with Crippen molar-refractivity contribution in [2.45, 2.75) is 24.0 Å². The molecule has 1 saturated heterocycles. The number of aryl methyl sites for hydroxylation is 1. The topological polar surface area (TPSA) is 81.7 Å². The van der Waals surface area contributed by atoms with Crippen molar-refractivity contribution in [1.82, 2.24) is 34.1 Å². The number of benzene rings is 1. The van der Waals surface area contributed by atoms with E-state index >= 15 is 0 Å². The van der Waals surface area contributed by atoms with Crippen LogP contribution in [0.5, 0.6) is 0 Å². The number of carbonyl (C=O) groups is 1. The standard InChI is InChI=1S/C26H21F4N7OS/c1-35-32-14-23(34-35)39-36-9-7-17-11-22-16(13-33-37(22)20-4-2-19(27)3-5-20)12-25(17,15-36)24(38)21-10-18(6-8-31-21)26(28,29)30/h2-6,8,10-11,13-14H,7,9,12,15H2,1H3. The number of hydrogen-bond acceptors (Lipinski definition) is 7. The maximum absolute atomic E-state index is 14.2. The molecule has 0 bridgehead atoms. The summed E-state index contributed by atoms with van der Waals surface area (Å²) < 4.78 is 57.6. The number of fused-ring (bicyclic) bond motifs is 2. The molecule has 200 valence electrons. The highest BCUT2D eigenvalue weighted by atomic mass is 32.2. The van der Waals surface area contributed by atoms with Gasteiger partial charge in [-0.1, -0.05) is 5.57 Å². The lowest BCUT2D eigenvalue weighted by atomic mass is 9.65. The molecule has 3 aromatic heterocycles. The first-order valence-electron chi connectivity index (χ1n) is 12.0. The summed E-state index contributed by atoms with van der Waals surface area (Å²) in [5.41, 5.74) is 0.639. The van der Waals surface area contributed by atoms with Crippen molar-refractivity contribution in [3.63, 3.8) is 0 Å². The van der Waals surface area contributed by atoms with Crippen molar-refractivity contribution in [1.29, 1.82) is 0 Å². The van der Waals surface area contributed by atoms with E-state index in [-0.39, 0.29) is 24.5 Å². The lowest BCUT2D eigenvalue weighted by molar-refractivity contribution is -0.137. The molecule has 6 rings (SSSR count). The third-order valence-corrected chi connectivity index (χ3v) is 7.95. The second kappa shape index (κ2) is 9.42. The molecule has 8 nitrogen and oxygen atoms in total. The van der Waals surface area contributed by atoms with Crippen LogP contribution in [0.1, 0.15) is 33.7 Å². The average Bonchev–Trinajstić information content (AvgIpc) is 3.52. The summed E-state index contributed by atoms with van der Waals surface area (Å²) in [5, 5.41) is 13.5. The van der Waals surface area contributed by atoms with E-state index in [0.29, 0.717) is 23.7 Å². The van der Waals surface area contributed by atoms with Crippen LogP contribution in [0.3, 0.4) is 0 Å². The van der Waals surface area contributed by atoms with E-state index in [4.69, 9.17) is 0 Å². The van der Waals surface area contributed by atoms with Gasteiger partial charge in [-0.2, -0.15) is 28.2 Å². The van der Waals surface area contributed by atoms with Crippen molar-refractivity contribution in [2.75, 3.05) is 13.1 Å². The molecule has 13 heteroatoms. The molecule has 0 saturated carbocycles. The minimum atomic E-state index is -4.61. The molecule has 1 fully saturated rings. The van der Waals surface area contributed by atoms with Crippen LogP contribution in [0.4, 0.5) is 17.6 Å². The van der Waals surface area contributed by atoms with Gasteiger partial charge < -0.3 is 0 Å². The predicted octanol–water partition coefficient (Wildman–Crippen LogP) is 4.78. The molecule has 1 aromatic carbocycles. The Morgan fingerprint density at radius 3 is 2.62 bits per heavy atom. The Morgan fingerprint density at radius 2 is 1.90 bits per heavy atom. The molecule has 4 aromatic rings. The molecular weight excluding hydrogens is 534 g/mol. The molecule has 0 amide bonds. The van der Waals surface area contributed by atoms with Gasteiger partial charge in [0.1, 0.15) is 11.5 Å². The molecule has 39 heavy (non-hydrogen) atoms. The Labute approximate surface area is 224 Å². The number of hydrogen-bond donors (Lipinski definition) is 0. The summed E-state index contributed by atoms with van der Waals surface area (Å²) in [4.78, 5) is 19.6. The van der Waals surface area contributed by atoms with Crippen LogP contribution in [-0.2, 0) is 19.6 Å². The first-order chi connectivity index (χ1) is 18.6. The SMILES string of the molecule is Cn1ncc(SN2CCC3=Cc4c(cnn4-c4ccc(F)cc4)CC3(C(=O)c3cc(C(F)(F)F)ccn3)C2)n1. The molecule has 0 radical (unpaired) electrons. The van der Waals surface area contributed by atoms with Gasteiger partial charge in [0.2, 0.25) is 0 Å². The fourth-order valence-corrected chi connectivity index (χ4v) is 6.14. The number of piperidine rings is 1. The van der Waals surface area contributed by atoms with Gasteiger partial charge in [0, 0.05) is 26.3 Å². The second-order valence-corrected chi connectivity index (χ2v) is 10.6. The first-order valence-corrected chi connectivity index (χ1v) is 12.8. The highest BCUT2D eigenvalue weighted by Gasteiger charge is 2.50. The first kappa shape index (κ1) is 25.4. The van der Waals surface area contributed by atoms with E-state index in [9.17, 15) is 22.4 Å². The summed E-state index contributed by atoms with van der Waals surface area (Å²) in [6.45, 7) is 0.816. The van der Waals surface area contributed by atoms with E-state index < -0.39 is 22.9 Å². The van der Waals surface area contributed by atoms with Gasteiger partial charge in [0.25, 0.3) is 0 Å². The number of ketones is 1. The largest absolute Gasteiger partial charge is 0.416 e. The second-order valence-electron chi connectivity index (χ2n) is 9.51. The Balaban J connectivity index is 1.42. The van der Waals surface area contributed by atoms with Crippen LogP contribution in [-0.4, -0.2) is 52.9 Å². The number of Topliss-reactive ketones (excluding diaryl/α,β-unsaturated/α-hetero) is 1. The normalized spacial score (nSPS) is 19.4. The zero-order valence-electron chi connectivity index (χ0n) is 20.6. The molecule has 0 N–H and O–H groups in total. The van der Waals surface area contributed by atoms with Gasteiger partial charge in [0.15, 0.2) is 10.8 Å². The van der Waals surface area contributed by atoms with Crippen LogP contribution in [0.2, 0.25) is 0 Å². The van der Waals surface area contributed by atoms with Gasteiger partial charge in [-0.25, -0.2) is 13.4 Å². The van der Waals surface area contributed by atoms with Gasteiger partial charge in [-0.15, -0.1) is 5.10 Å². The quantitative estimate of drug-likeness (QED) is 0.199. The molecule has 1 aliphatic heterocycles. The Kier molecular flexibility index (Phi) is 6.14. The van der Waals surface area contributed by atoms with Crippen molar-refractivity contribution >= 4 is 23.8 Å². The number of alkyl halides is 3. The number of aromatic nitrogens is 6. The molecule has 1 unspecified atom stereocenters. The number of nitrogens with zero attached hydrogens (tertiary/aromatic N) is 7. The minimum absolute atomic E-state index is 0.226. The van der Waals surface area contributed by atoms with Crippen molar-refractivity contribution in [3.05, 3.63) is 88.9 Å². The third kappa shape index (κ3) is 4.65. The lowest BCUT2D eigenvalue weighted by Crippen LogP contribution is -2.49. The van der Waals surface area contributed by atoms with Crippen LogP contribution in [0.25, 0.3) is 11.8 Å². The van der Waals surface area contributed by atoms with Crippen molar-refractivity contribution < 1.29 is 22.4 Å². The van der Waals surface area contributed by atoms with E-state index in [1.54, 1.807) is 36.3 Å². The van der Waals surface area contributed by atoms with Crippen molar-refractivity contribution in [3.8, 4) is 5.69 Å². The predicted molar refractivity (Wildman–Crippen MR) is 134 cm³/mol. The highest BCUT2D eigenvalue weighted by Crippen LogP contribution is 2.48. The Morgan fingerprint density at radius 1 is 1.10 bits per heavy atom. The summed E-state index contributed by atoms with van der Waals surface area (Å²) in [6, 6.07) is 7.58. The molecular formula is C26H21F4N7OS. The molecule has 1 aliphatic carbocycles. The van der Waals surface area contributed by atoms with E-state index in [2.05, 4.69) is 20.3 Å². The van der Waals surface area contributed by atoms with Crippen LogP contribution in [0.15, 0.2) is 65.6 Å². The molecule has 1 atom stereocenters. The van der Waals surface area contributed by atoms with Crippen LogP contribution in [0, 0.1) is 11.2 Å². The maximum atomic E-state index is 14.2. The number of rotatable bonds is 5. The zero-order valence-corrected chi connectivity index (χ0v) is 21.4. The molecule has 4 heterocycles. The maximum Gasteiger partial charge on any atom is 0.416 e. The highest BCUT2D eigenvalue weighted by molar-refractivity contribution is 7.97. The summed E-state index contributed by atoms with van der Waals surface area (Å²) in [6.07, 6.45) is 2.29. The minimum Gasteiger partial charge on any atom is -0.291 e. The fourth-order valence-electron chi connectivity index (χ4n) is 5.16. The van der Waals surface area contributed by atoms with E-state index in [1.165, 1.54) is 28.9 Å². The van der Waals surface area contributed by atoms with E-state index in [0.717, 1.165) is 35.2 Å². The number of carbonyl (C=O) groups excluding carboxylic acids is 1. The monoisotopic (exact) mass is 555 g/mol. The molecule has 0 spiro atoms. The fraction of sp³-hybridized carbons (Fsp3) is 0.269. The lowest BCUT2D eigenvalue weighted by Gasteiger charge is -2.44. The van der Waals surface area contributed by atoms with Crippen LogP contribution >= 0.6 is 11.9 Å². The van der Waals surface area contributed by atoms with Gasteiger partial charge in [0.05, 0.1) is 34.8 Å². The third-order valence-electron chi connectivity index (χ3n) is 7.01. The molecule has 2 aliphatic rings. The zero-order chi connectivity index (χ0) is 27.4.